The number of anilines is 1. The highest BCUT2D eigenvalue weighted by atomic mass is 35.5. The molecule has 1 aromatic carbocycles. The van der Waals surface area contributed by atoms with Crippen molar-refractivity contribution in [3.05, 3.63) is 35.4 Å². The quantitative estimate of drug-likeness (QED) is 0.202. The van der Waals surface area contributed by atoms with Crippen LogP contribution in [-0.2, 0) is 19.1 Å². The third-order valence-electron chi connectivity index (χ3n) is 3.27. The van der Waals surface area contributed by atoms with Crippen molar-refractivity contribution in [1.29, 1.82) is 0 Å². The van der Waals surface area contributed by atoms with E-state index in [0.29, 0.717) is 30.4 Å². The van der Waals surface area contributed by atoms with Gasteiger partial charge < -0.3 is 14.4 Å². The molecule has 0 amide bonds. The second kappa shape index (κ2) is 11.8. The summed E-state index contributed by atoms with van der Waals surface area (Å²) in [5.74, 6) is -0.408. The molecule has 0 aliphatic rings. The number of hydrogen-bond donors (Lipinski definition) is 0. The number of benzene rings is 1. The lowest BCUT2D eigenvalue weighted by molar-refractivity contribution is -0.146. The minimum absolute atomic E-state index is 0.130. The maximum Gasteiger partial charge on any atom is 0.345 e. The largest absolute Gasteiger partial charge is 0.462 e. The number of carbonyl (C=O) groups excluding carboxylic acids is 2. The van der Waals surface area contributed by atoms with Crippen LogP contribution in [0.5, 0.6) is 0 Å². The molecule has 1 rings (SSSR count). The Labute approximate surface area is 158 Å². The molecular weight excluding hydrogens is 365 g/mol. The third-order valence-corrected chi connectivity index (χ3v) is 3.61. The standard InChI is InChI=1S/C18H23Cl2NO4/c1-3-24-17(22)16(18(23)25-4-2)13-14-5-7-15(8-6-14)21(11-9-19)12-10-20/h5-8,13H,3-4,9-12H2,1-2H3. The van der Waals surface area contributed by atoms with Crippen LogP contribution in [-0.4, -0.2) is 50.0 Å². The zero-order chi connectivity index (χ0) is 18.7. The Hall–Kier alpha value is -1.72. The van der Waals surface area contributed by atoms with E-state index in [9.17, 15) is 9.59 Å². The SMILES string of the molecule is CCOC(=O)C(=Cc1ccc(N(CCCl)CCCl)cc1)C(=O)OCC. The number of ether oxygens (including phenoxy) is 2. The molecule has 0 spiro atoms. The van der Waals surface area contributed by atoms with Crippen LogP contribution in [0.1, 0.15) is 19.4 Å². The molecule has 0 aromatic heterocycles. The van der Waals surface area contributed by atoms with Gasteiger partial charge >= 0.3 is 11.9 Å². The second-order valence-electron chi connectivity index (χ2n) is 4.96. The van der Waals surface area contributed by atoms with Crippen molar-refractivity contribution in [1.82, 2.24) is 0 Å². The molecule has 0 N–H and O–H groups in total. The van der Waals surface area contributed by atoms with Crippen molar-refractivity contribution in [2.75, 3.05) is 43.0 Å². The zero-order valence-corrected chi connectivity index (χ0v) is 16.0. The van der Waals surface area contributed by atoms with Gasteiger partial charge in [0.1, 0.15) is 5.57 Å². The molecule has 7 heteroatoms. The Bertz CT molecular complexity index is 561. The number of nitrogens with zero attached hydrogens (tertiary/aromatic N) is 1. The fourth-order valence-corrected chi connectivity index (χ4v) is 2.55. The first kappa shape index (κ1) is 21.3. The lowest BCUT2D eigenvalue weighted by atomic mass is 10.1. The van der Waals surface area contributed by atoms with Gasteiger partial charge in [0.15, 0.2) is 0 Å². The van der Waals surface area contributed by atoms with E-state index >= 15 is 0 Å². The fraction of sp³-hybridized carbons (Fsp3) is 0.444. The number of esters is 2. The molecule has 0 fully saturated rings. The van der Waals surface area contributed by atoms with Crippen LogP contribution < -0.4 is 4.90 Å². The van der Waals surface area contributed by atoms with E-state index in [0.717, 1.165) is 5.69 Å². The molecular formula is C18H23Cl2NO4. The smallest absolute Gasteiger partial charge is 0.345 e. The van der Waals surface area contributed by atoms with Gasteiger partial charge in [-0.1, -0.05) is 12.1 Å². The van der Waals surface area contributed by atoms with E-state index in [4.69, 9.17) is 32.7 Å². The van der Waals surface area contributed by atoms with Crippen LogP contribution in [0, 0.1) is 0 Å². The summed E-state index contributed by atoms with van der Waals surface area (Å²) in [6, 6.07) is 7.39. The van der Waals surface area contributed by atoms with Crippen LogP contribution in [0.4, 0.5) is 5.69 Å². The summed E-state index contributed by atoms with van der Waals surface area (Å²) in [4.78, 5) is 26.0. The summed E-state index contributed by atoms with van der Waals surface area (Å²) in [7, 11) is 0. The van der Waals surface area contributed by atoms with E-state index in [-0.39, 0.29) is 18.8 Å². The first-order valence-corrected chi connectivity index (χ1v) is 9.17. The van der Waals surface area contributed by atoms with Gasteiger partial charge in [0.25, 0.3) is 0 Å². The Morgan fingerprint density at radius 2 is 1.44 bits per heavy atom. The molecule has 0 bridgehead atoms. The van der Waals surface area contributed by atoms with Gasteiger partial charge in [0.05, 0.1) is 13.2 Å². The van der Waals surface area contributed by atoms with E-state index in [2.05, 4.69) is 4.90 Å². The van der Waals surface area contributed by atoms with Gasteiger partial charge in [0, 0.05) is 30.5 Å². The van der Waals surface area contributed by atoms with Gasteiger partial charge in [-0.25, -0.2) is 9.59 Å². The minimum Gasteiger partial charge on any atom is -0.462 e. The van der Waals surface area contributed by atoms with Crippen molar-refractivity contribution >= 4 is 46.9 Å². The van der Waals surface area contributed by atoms with Crippen LogP contribution in [0.2, 0.25) is 0 Å². The summed E-state index contributed by atoms with van der Waals surface area (Å²) in [5.41, 5.74) is 1.53. The first-order chi connectivity index (χ1) is 12.1. The molecule has 0 unspecified atom stereocenters. The molecule has 25 heavy (non-hydrogen) atoms. The highest BCUT2D eigenvalue weighted by molar-refractivity contribution is 6.19. The summed E-state index contributed by atoms with van der Waals surface area (Å²) in [6.45, 7) is 5.08. The molecule has 0 atom stereocenters. The van der Waals surface area contributed by atoms with Gasteiger partial charge in [-0.2, -0.15) is 0 Å². The third kappa shape index (κ3) is 6.96. The van der Waals surface area contributed by atoms with E-state index in [1.165, 1.54) is 6.08 Å². The molecule has 0 saturated carbocycles. The molecule has 0 saturated heterocycles. The van der Waals surface area contributed by atoms with E-state index in [1.807, 2.05) is 24.3 Å². The maximum atomic E-state index is 12.0. The van der Waals surface area contributed by atoms with Crippen molar-refractivity contribution in [2.45, 2.75) is 13.8 Å². The molecule has 0 aliphatic heterocycles. The minimum atomic E-state index is -0.698. The summed E-state index contributed by atoms with van der Waals surface area (Å²) < 4.78 is 9.85. The van der Waals surface area contributed by atoms with Gasteiger partial charge in [-0.3, -0.25) is 0 Å². The summed E-state index contributed by atoms with van der Waals surface area (Å²) in [6.07, 6.45) is 1.47. The summed E-state index contributed by atoms with van der Waals surface area (Å²) in [5, 5.41) is 0. The van der Waals surface area contributed by atoms with Crippen molar-refractivity contribution < 1.29 is 19.1 Å². The Kier molecular flexibility index (Phi) is 10.0. The average molecular weight is 388 g/mol. The van der Waals surface area contributed by atoms with Crippen LogP contribution >= 0.6 is 23.2 Å². The monoisotopic (exact) mass is 387 g/mol. The molecule has 138 valence electrons. The lowest BCUT2D eigenvalue weighted by Gasteiger charge is -2.22. The second-order valence-corrected chi connectivity index (χ2v) is 5.71. The number of hydrogen-bond acceptors (Lipinski definition) is 5. The number of rotatable bonds is 10. The van der Waals surface area contributed by atoms with Crippen LogP contribution in [0.15, 0.2) is 29.8 Å². The van der Waals surface area contributed by atoms with Crippen molar-refractivity contribution in [3.63, 3.8) is 0 Å². The first-order valence-electron chi connectivity index (χ1n) is 8.10. The molecule has 1 aromatic rings. The lowest BCUT2D eigenvalue weighted by Crippen LogP contribution is -2.27. The molecule has 0 aliphatic carbocycles. The molecule has 0 radical (unpaired) electrons. The number of carbonyl (C=O) groups is 2. The van der Waals surface area contributed by atoms with Crippen LogP contribution in [0.3, 0.4) is 0 Å². The number of alkyl halides is 2. The van der Waals surface area contributed by atoms with Gasteiger partial charge in [-0.05, 0) is 37.6 Å². The average Bonchev–Trinajstić information content (AvgIpc) is 2.60. The Balaban J connectivity index is 3.04. The Morgan fingerprint density at radius 1 is 0.960 bits per heavy atom. The van der Waals surface area contributed by atoms with Gasteiger partial charge in [-0.15, -0.1) is 23.2 Å². The van der Waals surface area contributed by atoms with Crippen LogP contribution in [0.25, 0.3) is 6.08 Å². The molecule has 5 nitrogen and oxygen atoms in total. The number of halogens is 2. The topological polar surface area (TPSA) is 55.8 Å². The van der Waals surface area contributed by atoms with E-state index in [1.54, 1.807) is 13.8 Å². The fourth-order valence-electron chi connectivity index (χ4n) is 2.14. The predicted octanol–water partition coefficient (Wildman–Crippen LogP) is 3.48. The molecule has 0 heterocycles. The Morgan fingerprint density at radius 3 is 1.84 bits per heavy atom. The van der Waals surface area contributed by atoms with Gasteiger partial charge in [0.2, 0.25) is 0 Å². The maximum absolute atomic E-state index is 12.0. The highest BCUT2D eigenvalue weighted by Gasteiger charge is 2.20. The van der Waals surface area contributed by atoms with Crippen molar-refractivity contribution in [2.24, 2.45) is 0 Å². The predicted molar refractivity (Wildman–Crippen MR) is 101 cm³/mol. The normalized spacial score (nSPS) is 10.1. The summed E-state index contributed by atoms with van der Waals surface area (Å²) >= 11 is 11.6. The van der Waals surface area contributed by atoms with E-state index < -0.39 is 11.9 Å². The van der Waals surface area contributed by atoms with Crippen molar-refractivity contribution in [3.8, 4) is 0 Å². The highest BCUT2D eigenvalue weighted by Crippen LogP contribution is 2.18. The zero-order valence-electron chi connectivity index (χ0n) is 14.5.